The van der Waals surface area contributed by atoms with Crippen molar-refractivity contribution in [3.05, 3.63) is 0 Å². The highest BCUT2D eigenvalue weighted by atomic mass is 16.2. The molecule has 0 saturated carbocycles. The molecule has 1 aliphatic heterocycles. The maximum atomic E-state index is 11.6. The molecule has 3 N–H and O–H groups in total. The van der Waals surface area contributed by atoms with E-state index in [0.717, 1.165) is 32.4 Å². The predicted octanol–water partition coefficient (Wildman–Crippen LogP) is 0.324. The third-order valence-electron chi connectivity index (χ3n) is 3.03. The zero-order chi connectivity index (χ0) is 11.3. The van der Waals surface area contributed by atoms with Crippen LogP contribution in [-0.2, 0) is 4.79 Å². The SMILES string of the molecule is CCC(CC)NC(=O)CN1CC[C@@H](N)C1. The number of hydrogen-bond acceptors (Lipinski definition) is 3. The van der Waals surface area contributed by atoms with Crippen molar-refractivity contribution in [1.82, 2.24) is 10.2 Å². The first-order valence-corrected chi connectivity index (χ1v) is 5.93. The van der Waals surface area contributed by atoms with Gasteiger partial charge in [-0.15, -0.1) is 0 Å². The maximum Gasteiger partial charge on any atom is 0.234 e. The second-order valence-corrected chi connectivity index (χ2v) is 4.36. The fourth-order valence-electron chi connectivity index (χ4n) is 1.98. The molecule has 15 heavy (non-hydrogen) atoms. The number of nitrogens with one attached hydrogen (secondary N) is 1. The van der Waals surface area contributed by atoms with Crippen molar-refractivity contribution in [3.63, 3.8) is 0 Å². The van der Waals surface area contributed by atoms with E-state index >= 15 is 0 Å². The molecule has 0 bridgehead atoms. The van der Waals surface area contributed by atoms with Gasteiger partial charge in [0.05, 0.1) is 6.54 Å². The lowest BCUT2D eigenvalue weighted by atomic mass is 10.2. The van der Waals surface area contributed by atoms with Gasteiger partial charge in [-0.3, -0.25) is 9.69 Å². The average molecular weight is 213 g/mol. The Morgan fingerprint density at radius 1 is 1.53 bits per heavy atom. The number of carbonyl (C=O) groups is 1. The van der Waals surface area contributed by atoms with Crippen molar-refractivity contribution in [2.24, 2.45) is 5.73 Å². The van der Waals surface area contributed by atoms with Crippen LogP contribution in [0.25, 0.3) is 0 Å². The van der Waals surface area contributed by atoms with Crippen molar-refractivity contribution in [2.75, 3.05) is 19.6 Å². The molecule has 0 aromatic rings. The molecule has 0 unspecified atom stereocenters. The molecule has 1 rings (SSSR count). The lowest BCUT2D eigenvalue weighted by Gasteiger charge is -2.18. The third-order valence-corrected chi connectivity index (χ3v) is 3.03. The molecule has 0 aliphatic carbocycles. The molecule has 0 spiro atoms. The topological polar surface area (TPSA) is 58.4 Å². The molecule has 1 atom stereocenters. The lowest BCUT2D eigenvalue weighted by molar-refractivity contribution is -0.122. The van der Waals surface area contributed by atoms with Crippen LogP contribution in [0.3, 0.4) is 0 Å². The average Bonchev–Trinajstić information content (AvgIpc) is 2.60. The molecule has 88 valence electrons. The molecule has 4 nitrogen and oxygen atoms in total. The molecular formula is C11H23N3O. The van der Waals surface area contributed by atoms with Crippen molar-refractivity contribution in [3.8, 4) is 0 Å². The van der Waals surface area contributed by atoms with Gasteiger partial charge in [-0.1, -0.05) is 13.8 Å². The second-order valence-electron chi connectivity index (χ2n) is 4.36. The lowest BCUT2D eigenvalue weighted by Crippen LogP contribution is -2.41. The number of likely N-dealkylation sites (tertiary alicyclic amines) is 1. The summed E-state index contributed by atoms with van der Waals surface area (Å²) in [6.07, 6.45) is 3.02. The largest absolute Gasteiger partial charge is 0.352 e. The maximum absolute atomic E-state index is 11.6. The zero-order valence-electron chi connectivity index (χ0n) is 9.83. The van der Waals surface area contributed by atoms with Gasteiger partial charge in [-0.25, -0.2) is 0 Å². The summed E-state index contributed by atoms with van der Waals surface area (Å²) < 4.78 is 0. The van der Waals surface area contributed by atoms with Crippen LogP contribution in [0.2, 0.25) is 0 Å². The normalized spacial score (nSPS) is 22.3. The number of rotatable bonds is 5. The van der Waals surface area contributed by atoms with Gasteiger partial charge in [-0.05, 0) is 19.3 Å². The van der Waals surface area contributed by atoms with Crippen molar-refractivity contribution in [2.45, 2.75) is 45.2 Å². The monoisotopic (exact) mass is 213 g/mol. The molecule has 0 aromatic carbocycles. The van der Waals surface area contributed by atoms with Crippen LogP contribution in [0.15, 0.2) is 0 Å². The van der Waals surface area contributed by atoms with Crippen LogP contribution in [0, 0.1) is 0 Å². The van der Waals surface area contributed by atoms with Crippen molar-refractivity contribution < 1.29 is 4.79 Å². The van der Waals surface area contributed by atoms with Gasteiger partial charge in [0.15, 0.2) is 0 Å². The van der Waals surface area contributed by atoms with Crippen LogP contribution >= 0.6 is 0 Å². The summed E-state index contributed by atoms with van der Waals surface area (Å²) in [6.45, 7) is 6.51. The van der Waals surface area contributed by atoms with Crippen LogP contribution in [-0.4, -0.2) is 42.5 Å². The van der Waals surface area contributed by atoms with Crippen molar-refractivity contribution in [1.29, 1.82) is 0 Å². The summed E-state index contributed by atoms with van der Waals surface area (Å²) in [5.41, 5.74) is 5.78. The van der Waals surface area contributed by atoms with E-state index in [4.69, 9.17) is 5.73 Å². The molecule has 1 fully saturated rings. The standard InChI is InChI=1S/C11H23N3O/c1-3-10(4-2)13-11(15)8-14-6-5-9(12)7-14/h9-10H,3-8,12H2,1-2H3,(H,13,15)/t9-/m1/s1. The number of nitrogens with zero attached hydrogens (tertiary/aromatic N) is 1. The van der Waals surface area contributed by atoms with E-state index in [1.165, 1.54) is 0 Å². The van der Waals surface area contributed by atoms with E-state index in [0.29, 0.717) is 12.6 Å². The Balaban J connectivity index is 2.23. The summed E-state index contributed by atoms with van der Waals surface area (Å²) in [5, 5.41) is 3.04. The Labute approximate surface area is 92.2 Å². The van der Waals surface area contributed by atoms with E-state index in [-0.39, 0.29) is 11.9 Å². The quantitative estimate of drug-likeness (QED) is 0.691. The molecule has 1 heterocycles. The zero-order valence-corrected chi connectivity index (χ0v) is 9.83. The van der Waals surface area contributed by atoms with Gasteiger partial charge in [0.2, 0.25) is 5.91 Å². The van der Waals surface area contributed by atoms with E-state index in [2.05, 4.69) is 24.1 Å². The minimum atomic E-state index is 0.137. The highest BCUT2D eigenvalue weighted by Gasteiger charge is 2.21. The molecule has 1 aliphatic rings. The van der Waals surface area contributed by atoms with Crippen LogP contribution in [0.1, 0.15) is 33.1 Å². The Hall–Kier alpha value is -0.610. The Morgan fingerprint density at radius 3 is 2.67 bits per heavy atom. The van der Waals surface area contributed by atoms with Gasteiger partial charge in [0, 0.05) is 25.2 Å². The minimum Gasteiger partial charge on any atom is -0.352 e. The molecular weight excluding hydrogens is 190 g/mol. The smallest absolute Gasteiger partial charge is 0.234 e. The van der Waals surface area contributed by atoms with Crippen LogP contribution in [0.4, 0.5) is 0 Å². The first-order valence-electron chi connectivity index (χ1n) is 5.93. The summed E-state index contributed by atoms with van der Waals surface area (Å²) in [4.78, 5) is 13.8. The molecule has 0 radical (unpaired) electrons. The van der Waals surface area contributed by atoms with Crippen molar-refractivity contribution >= 4 is 5.91 Å². The minimum absolute atomic E-state index is 0.137. The Morgan fingerprint density at radius 2 is 2.20 bits per heavy atom. The number of nitrogens with two attached hydrogens (primary N) is 1. The third kappa shape index (κ3) is 4.18. The molecule has 1 saturated heterocycles. The van der Waals surface area contributed by atoms with Crippen LogP contribution in [0.5, 0.6) is 0 Å². The summed E-state index contributed by atoms with van der Waals surface area (Å²) >= 11 is 0. The predicted molar refractivity (Wildman–Crippen MR) is 61.5 cm³/mol. The number of carbonyl (C=O) groups excluding carboxylic acids is 1. The van der Waals surface area contributed by atoms with Gasteiger partial charge in [0.25, 0.3) is 0 Å². The highest BCUT2D eigenvalue weighted by Crippen LogP contribution is 2.06. The summed E-state index contributed by atoms with van der Waals surface area (Å²) in [7, 11) is 0. The Kier molecular flexibility index (Phi) is 5.05. The van der Waals surface area contributed by atoms with Gasteiger partial charge < -0.3 is 11.1 Å². The number of hydrogen-bond donors (Lipinski definition) is 2. The Bertz CT molecular complexity index is 204. The molecule has 0 aromatic heterocycles. The van der Waals surface area contributed by atoms with Crippen LogP contribution < -0.4 is 11.1 Å². The summed E-state index contributed by atoms with van der Waals surface area (Å²) in [5.74, 6) is 0.137. The first kappa shape index (κ1) is 12.5. The second kappa shape index (κ2) is 6.08. The molecule has 1 amide bonds. The highest BCUT2D eigenvalue weighted by molar-refractivity contribution is 5.78. The first-order chi connectivity index (χ1) is 7.15. The summed E-state index contributed by atoms with van der Waals surface area (Å²) in [6, 6.07) is 0.583. The van der Waals surface area contributed by atoms with Gasteiger partial charge >= 0.3 is 0 Å². The van der Waals surface area contributed by atoms with Gasteiger partial charge in [-0.2, -0.15) is 0 Å². The van der Waals surface area contributed by atoms with E-state index in [1.807, 2.05) is 0 Å². The van der Waals surface area contributed by atoms with E-state index in [9.17, 15) is 4.79 Å². The fourth-order valence-corrected chi connectivity index (χ4v) is 1.98. The molecule has 4 heteroatoms. The number of amides is 1. The van der Waals surface area contributed by atoms with Gasteiger partial charge in [0.1, 0.15) is 0 Å². The van der Waals surface area contributed by atoms with E-state index in [1.54, 1.807) is 0 Å². The van der Waals surface area contributed by atoms with E-state index < -0.39 is 0 Å². The fraction of sp³-hybridized carbons (Fsp3) is 0.909.